The van der Waals surface area contributed by atoms with Gasteiger partial charge in [-0.05, 0) is 0 Å². The molecule has 0 unspecified atom stereocenters. The van der Waals surface area contributed by atoms with Gasteiger partial charge >= 0.3 is 133 Å². The maximum atomic E-state index is 2.42. The quantitative estimate of drug-likeness (QED) is 0.572. The van der Waals surface area contributed by atoms with Gasteiger partial charge in [0.1, 0.15) is 0 Å². The second-order valence-electron chi connectivity index (χ2n) is 6.53. The van der Waals surface area contributed by atoms with Crippen LogP contribution < -0.4 is 0 Å². The standard InChI is InChI=1S/C20H21Se/c1-20(2,3)19-14-16-11-7-8-12-17(16)18(21-19)13-15-9-5-4-6-10-15/h4-12,14H,13H2,1-3H3/q+1. The van der Waals surface area contributed by atoms with Gasteiger partial charge in [-0.3, -0.25) is 0 Å². The molecule has 0 amide bonds. The molecule has 1 aromatic heterocycles. The van der Waals surface area contributed by atoms with Crippen molar-refractivity contribution in [2.24, 2.45) is 0 Å². The fraction of sp³-hybridized carbons (Fsp3) is 0.250. The fourth-order valence-electron chi connectivity index (χ4n) is 2.52. The van der Waals surface area contributed by atoms with E-state index in [9.17, 15) is 0 Å². The van der Waals surface area contributed by atoms with E-state index >= 15 is 0 Å². The molecule has 106 valence electrons. The van der Waals surface area contributed by atoms with Crippen molar-refractivity contribution < 1.29 is 0 Å². The van der Waals surface area contributed by atoms with Crippen molar-refractivity contribution in [2.45, 2.75) is 32.6 Å². The van der Waals surface area contributed by atoms with Crippen molar-refractivity contribution in [3.8, 4) is 0 Å². The molecule has 0 aliphatic rings. The molecule has 3 aromatic rings. The average Bonchev–Trinajstić information content (AvgIpc) is 2.47. The van der Waals surface area contributed by atoms with Gasteiger partial charge in [0.2, 0.25) is 0 Å². The first-order chi connectivity index (χ1) is 10.0. The zero-order valence-electron chi connectivity index (χ0n) is 12.9. The third-order valence-electron chi connectivity index (χ3n) is 3.73. The molecule has 0 radical (unpaired) electrons. The summed E-state index contributed by atoms with van der Waals surface area (Å²) in [5, 5.41) is 2.84. The molecule has 0 atom stereocenters. The summed E-state index contributed by atoms with van der Waals surface area (Å²) < 4.78 is 3.20. The van der Waals surface area contributed by atoms with E-state index in [1.165, 1.54) is 16.3 Å². The summed E-state index contributed by atoms with van der Waals surface area (Å²) in [6, 6.07) is 22.1. The molecule has 0 saturated carbocycles. The summed E-state index contributed by atoms with van der Waals surface area (Å²) >= 11 is 0.447. The molecule has 2 aromatic carbocycles. The van der Waals surface area contributed by atoms with Crippen molar-refractivity contribution >= 4 is 25.3 Å². The van der Waals surface area contributed by atoms with Crippen molar-refractivity contribution in [2.75, 3.05) is 0 Å². The van der Waals surface area contributed by atoms with Crippen LogP contribution in [0.25, 0.3) is 10.8 Å². The number of fused-ring (bicyclic) bond motifs is 1. The second-order valence-corrected chi connectivity index (χ2v) is 8.92. The van der Waals surface area contributed by atoms with Crippen LogP contribution in [0.4, 0.5) is 0 Å². The maximum absolute atomic E-state index is 2.42. The van der Waals surface area contributed by atoms with Gasteiger partial charge < -0.3 is 0 Å². The number of rotatable bonds is 2. The van der Waals surface area contributed by atoms with Crippen molar-refractivity contribution in [1.29, 1.82) is 0 Å². The molecule has 0 fully saturated rings. The molecule has 0 N–H and O–H groups in total. The van der Waals surface area contributed by atoms with Gasteiger partial charge in [-0.15, -0.1) is 0 Å². The van der Waals surface area contributed by atoms with Crippen molar-refractivity contribution in [1.82, 2.24) is 0 Å². The van der Waals surface area contributed by atoms with Crippen LogP contribution in [0.15, 0.2) is 60.7 Å². The summed E-state index contributed by atoms with van der Waals surface area (Å²) in [6.07, 6.45) is 1.07. The minimum atomic E-state index is 0.259. The van der Waals surface area contributed by atoms with Crippen LogP contribution in [-0.4, -0.2) is 14.5 Å². The van der Waals surface area contributed by atoms with Crippen LogP contribution >= 0.6 is 0 Å². The summed E-state index contributed by atoms with van der Waals surface area (Å²) in [4.78, 5) is 0. The van der Waals surface area contributed by atoms with Gasteiger partial charge in [-0.25, -0.2) is 0 Å². The number of hydrogen-bond acceptors (Lipinski definition) is 0. The molecule has 3 rings (SSSR count). The zero-order valence-corrected chi connectivity index (χ0v) is 14.6. The summed E-state index contributed by atoms with van der Waals surface area (Å²) in [7, 11) is 0. The second kappa shape index (κ2) is 5.75. The number of hydrogen-bond donors (Lipinski definition) is 0. The van der Waals surface area contributed by atoms with Crippen LogP contribution in [0.3, 0.4) is 0 Å². The zero-order chi connectivity index (χ0) is 14.9. The van der Waals surface area contributed by atoms with E-state index in [2.05, 4.69) is 81.4 Å². The third-order valence-corrected chi connectivity index (χ3v) is 7.00. The molecule has 21 heavy (non-hydrogen) atoms. The Labute approximate surface area is 133 Å². The topological polar surface area (TPSA) is 0 Å². The molecule has 0 saturated heterocycles. The average molecular weight is 340 g/mol. The Morgan fingerprint density at radius 3 is 2.24 bits per heavy atom. The van der Waals surface area contributed by atoms with Gasteiger partial charge in [0.05, 0.1) is 0 Å². The van der Waals surface area contributed by atoms with Crippen LogP contribution in [0.2, 0.25) is 0 Å². The Hall–Kier alpha value is -1.43. The van der Waals surface area contributed by atoms with Gasteiger partial charge in [0.25, 0.3) is 0 Å². The van der Waals surface area contributed by atoms with E-state index in [0.29, 0.717) is 14.5 Å². The summed E-state index contributed by atoms with van der Waals surface area (Å²) in [6.45, 7) is 6.98. The Kier molecular flexibility index (Phi) is 3.97. The Morgan fingerprint density at radius 1 is 0.857 bits per heavy atom. The molecular formula is C20H21Se+. The molecule has 0 spiro atoms. The monoisotopic (exact) mass is 341 g/mol. The van der Waals surface area contributed by atoms with Crippen LogP contribution in [0.5, 0.6) is 0 Å². The van der Waals surface area contributed by atoms with E-state index in [1.807, 2.05) is 0 Å². The van der Waals surface area contributed by atoms with Gasteiger partial charge in [0.15, 0.2) is 0 Å². The predicted molar refractivity (Wildman–Crippen MR) is 93.2 cm³/mol. The van der Waals surface area contributed by atoms with Crippen LogP contribution in [0, 0.1) is 0 Å². The molecule has 0 aliphatic heterocycles. The van der Waals surface area contributed by atoms with Crippen molar-refractivity contribution in [3.63, 3.8) is 0 Å². The summed E-state index contributed by atoms with van der Waals surface area (Å²) in [5.41, 5.74) is 1.68. The molecule has 0 aliphatic carbocycles. The van der Waals surface area contributed by atoms with Gasteiger partial charge in [-0.1, -0.05) is 0 Å². The summed E-state index contributed by atoms with van der Waals surface area (Å²) in [5.74, 6) is 0. The van der Waals surface area contributed by atoms with E-state index in [4.69, 9.17) is 0 Å². The first kappa shape index (κ1) is 14.5. The minimum absolute atomic E-state index is 0.259. The van der Waals surface area contributed by atoms with Crippen molar-refractivity contribution in [3.05, 3.63) is 75.1 Å². The molecule has 0 bridgehead atoms. The van der Waals surface area contributed by atoms with E-state index in [-0.39, 0.29) is 5.41 Å². The first-order valence-corrected chi connectivity index (χ1v) is 9.14. The SMILES string of the molecule is CC(C)(C)c1cc2ccccc2c(Cc2ccccc2)[se+]1. The Bertz CT molecular complexity index is 752. The van der Waals surface area contributed by atoms with Crippen LogP contribution in [-0.2, 0) is 11.8 Å². The van der Waals surface area contributed by atoms with Gasteiger partial charge in [-0.2, -0.15) is 0 Å². The molecule has 1 heteroatoms. The van der Waals surface area contributed by atoms with Crippen LogP contribution in [0.1, 0.15) is 35.2 Å². The Morgan fingerprint density at radius 2 is 1.52 bits per heavy atom. The van der Waals surface area contributed by atoms with E-state index < -0.39 is 0 Å². The van der Waals surface area contributed by atoms with E-state index in [1.54, 1.807) is 8.87 Å². The van der Waals surface area contributed by atoms with Gasteiger partial charge in [0, 0.05) is 0 Å². The van der Waals surface area contributed by atoms with E-state index in [0.717, 1.165) is 6.42 Å². The fourth-order valence-corrected chi connectivity index (χ4v) is 5.23. The molecular weight excluding hydrogens is 319 g/mol. The predicted octanol–water partition coefficient (Wildman–Crippen LogP) is 5.07. The normalized spacial score (nSPS) is 11.8. The third kappa shape index (κ3) is 3.26. The Balaban J connectivity index is 2.15. The molecule has 1 heterocycles. The first-order valence-electron chi connectivity index (χ1n) is 7.43. The number of benzene rings is 2. The molecule has 0 nitrogen and oxygen atoms in total.